The lowest BCUT2D eigenvalue weighted by molar-refractivity contribution is -0.535. The number of hydrogen-bond acceptors (Lipinski definition) is 2. The number of nitrogens with zero attached hydrogens (tertiary/aromatic N) is 3. The molecule has 0 saturated carbocycles. The Morgan fingerprint density at radius 1 is 1.00 bits per heavy atom. The SMILES string of the molecule is CCC[Si]1(C)C2=CC(=[N+]3CCCCC3)C=CC2=Nc2ccc(N3CCCCC3)cc21. The summed E-state index contributed by atoms with van der Waals surface area (Å²) in [5.74, 6) is 0. The van der Waals surface area contributed by atoms with Crippen LogP contribution in [0.1, 0.15) is 51.9 Å². The van der Waals surface area contributed by atoms with Gasteiger partial charge in [0.15, 0.2) is 5.71 Å². The van der Waals surface area contributed by atoms with E-state index in [2.05, 4.69) is 59.4 Å². The average molecular weight is 419 g/mol. The number of aliphatic imine (C=N–C) groups is 1. The molecule has 0 spiro atoms. The maximum absolute atomic E-state index is 5.16. The van der Waals surface area contributed by atoms with Gasteiger partial charge in [0.1, 0.15) is 21.2 Å². The Hall–Kier alpha value is -1.94. The van der Waals surface area contributed by atoms with Gasteiger partial charge in [-0.1, -0.05) is 19.9 Å². The molecule has 3 aliphatic heterocycles. The van der Waals surface area contributed by atoms with Crippen molar-refractivity contribution in [3.8, 4) is 0 Å². The molecule has 1 atom stereocenters. The molecule has 2 saturated heterocycles. The van der Waals surface area contributed by atoms with E-state index in [9.17, 15) is 0 Å². The molecule has 30 heavy (non-hydrogen) atoms. The van der Waals surface area contributed by atoms with Crippen molar-refractivity contribution in [1.82, 2.24) is 0 Å². The highest BCUT2D eigenvalue weighted by Crippen LogP contribution is 2.36. The van der Waals surface area contributed by atoms with E-state index in [1.807, 2.05) is 0 Å². The van der Waals surface area contributed by atoms with Gasteiger partial charge >= 0.3 is 0 Å². The first-order valence-corrected chi connectivity index (χ1v) is 14.9. The summed E-state index contributed by atoms with van der Waals surface area (Å²) in [7, 11) is -1.81. The second-order valence-corrected chi connectivity index (χ2v) is 13.9. The first-order valence-electron chi connectivity index (χ1n) is 12.2. The summed E-state index contributed by atoms with van der Waals surface area (Å²) < 4.78 is 2.60. The zero-order chi connectivity index (χ0) is 20.6. The van der Waals surface area contributed by atoms with Crippen LogP contribution in [0.5, 0.6) is 0 Å². The van der Waals surface area contributed by atoms with Crippen molar-refractivity contribution < 1.29 is 4.58 Å². The van der Waals surface area contributed by atoms with E-state index in [0.29, 0.717) is 0 Å². The maximum atomic E-state index is 5.16. The van der Waals surface area contributed by atoms with Crippen molar-refractivity contribution in [2.75, 3.05) is 31.1 Å². The van der Waals surface area contributed by atoms with E-state index in [0.717, 1.165) is 0 Å². The fourth-order valence-corrected chi connectivity index (χ4v) is 10.0. The Balaban J connectivity index is 1.59. The summed E-state index contributed by atoms with van der Waals surface area (Å²) in [5, 5.41) is 3.13. The number of hydrogen-bond donors (Lipinski definition) is 0. The summed E-state index contributed by atoms with van der Waals surface area (Å²) in [4.78, 5) is 7.76. The number of rotatable bonds is 3. The molecular weight excluding hydrogens is 382 g/mol. The molecule has 1 unspecified atom stereocenters. The molecule has 1 aromatic rings. The van der Waals surface area contributed by atoms with Crippen LogP contribution < -0.4 is 10.1 Å². The predicted molar refractivity (Wildman–Crippen MR) is 132 cm³/mol. The van der Waals surface area contributed by atoms with Crippen LogP contribution in [0.2, 0.25) is 12.6 Å². The lowest BCUT2D eigenvalue weighted by atomic mass is 10.1. The van der Waals surface area contributed by atoms with E-state index in [-0.39, 0.29) is 0 Å². The Kier molecular flexibility index (Phi) is 5.53. The lowest BCUT2D eigenvalue weighted by Gasteiger charge is -2.37. The normalized spacial score (nSPS) is 26.1. The van der Waals surface area contributed by atoms with Crippen LogP contribution in [-0.2, 0) is 0 Å². The minimum atomic E-state index is -1.81. The molecule has 0 amide bonds. The van der Waals surface area contributed by atoms with E-state index in [1.54, 1.807) is 10.4 Å². The van der Waals surface area contributed by atoms with Crippen molar-refractivity contribution in [2.24, 2.45) is 4.99 Å². The molecule has 0 radical (unpaired) electrons. The monoisotopic (exact) mass is 418 g/mol. The zero-order valence-corrected chi connectivity index (χ0v) is 19.8. The topological polar surface area (TPSA) is 18.6 Å². The molecule has 5 rings (SSSR count). The van der Waals surface area contributed by atoms with Gasteiger partial charge in [0.25, 0.3) is 0 Å². The minimum Gasteiger partial charge on any atom is -0.372 e. The number of anilines is 1. The van der Waals surface area contributed by atoms with Gasteiger partial charge in [0.05, 0.1) is 11.4 Å². The predicted octanol–water partition coefficient (Wildman–Crippen LogP) is 5.13. The molecule has 158 valence electrons. The summed E-state index contributed by atoms with van der Waals surface area (Å²) >= 11 is 0. The lowest BCUT2D eigenvalue weighted by Crippen LogP contribution is -2.52. The van der Waals surface area contributed by atoms with Gasteiger partial charge < -0.3 is 4.90 Å². The van der Waals surface area contributed by atoms with E-state index in [4.69, 9.17) is 4.99 Å². The summed E-state index contributed by atoms with van der Waals surface area (Å²) in [6.07, 6.45) is 16.5. The summed E-state index contributed by atoms with van der Waals surface area (Å²) in [6, 6.07) is 8.46. The number of allylic oxidation sites excluding steroid dienone is 4. The molecule has 4 aliphatic rings. The van der Waals surface area contributed by atoms with Crippen LogP contribution in [0, 0.1) is 0 Å². The van der Waals surface area contributed by atoms with Crippen LogP contribution in [0.15, 0.2) is 46.6 Å². The minimum absolute atomic E-state index is 1.21. The van der Waals surface area contributed by atoms with Crippen LogP contribution in [0.3, 0.4) is 0 Å². The highest BCUT2D eigenvalue weighted by atomic mass is 28.3. The van der Waals surface area contributed by atoms with Crippen LogP contribution in [-0.4, -0.2) is 50.3 Å². The standard InChI is InChI=1S/C26H36N3Si/c1-3-18-30(2)25-19-21(28-14-6-4-7-15-28)10-12-23(25)27-24-13-11-22(20-26(24)30)29-16-8-5-9-17-29/h10-13,19-20H,3-9,14-18H2,1-2H3/q+1. The molecule has 1 aromatic carbocycles. The second kappa shape index (κ2) is 8.30. The van der Waals surface area contributed by atoms with E-state index >= 15 is 0 Å². The van der Waals surface area contributed by atoms with Gasteiger partial charge in [-0.15, -0.1) is 0 Å². The molecule has 3 heterocycles. The quantitative estimate of drug-likeness (QED) is 0.378. The number of piperidine rings is 2. The van der Waals surface area contributed by atoms with Crippen molar-refractivity contribution in [3.05, 3.63) is 41.6 Å². The summed E-state index contributed by atoms with van der Waals surface area (Å²) in [6.45, 7) is 9.78. The third-order valence-corrected chi connectivity index (χ3v) is 12.3. The molecule has 0 N–H and O–H groups in total. The first-order chi connectivity index (χ1) is 14.7. The molecule has 3 nitrogen and oxygen atoms in total. The molecule has 4 heteroatoms. The van der Waals surface area contributed by atoms with Crippen LogP contribution in [0.4, 0.5) is 11.4 Å². The maximum Gasteiger partial charge on any atom is 0.199 e. The highest BCUT2D eigenvalue weighted by Gasteiger charge is 2.41. The molecule has 0 aromatic heterocycles. The smallest absolute Gasteiger partial charge is 0.199 e. The molecule has 2 fully saturated rings. The van der Waals surface area contributed by atoms with Crippen molar-refractivity contribution in [1.29, 1.82) is 0 Å². The highest BCUT2D eigenvalue weighted by molar-refractivity contribution is 7.02. The van der Waals surface area contributed by atoms with Crippen molar-refractivity contribution >= 4 is 36.1 Å². The van der Waals surface area contributed by atoms with Gasteiger partial charge in [0.2, 0.25) is 0 Å². The van der Waals surface area contributed by atoms with Gasteiger partial charge in [-0.2, -0.15) is 0 Å². The number of fused-ring (bicyclic) bond motifs is 2. The van der Waals surface area contributed by atoms with Crippen molar-refractivity contribution in [2.45, 2.75) is 64.5 Å². The fourth-order valence-electron chi connectivity index (χ4n) is 5.87. The van der Waals surface area contributed by atoms with Gasteiger partial charge in [-0.05, 0) is 66.4 Å². The first kappa shape index (κ1) is 20.0. The molecular formula is C26H36N3Si+. The van der Waals surface area contributed by atoms with Gasteiger partial charge in [-0.3, -0.25) is 0 Å². The average Bonchev–Trinajstić information content (AvgIpc) is 2.80. The van der Waals surface area contributed by atoms with E-state index in [1.165, 1.54) is 100.0 Å². The number of benzene rings is 1. The Morgan fingerprint density at radius 3 is 2.53 bits per heavy atom. The summed E-state index contributed by atoms with van der Waals surface area (Å²) in [5.41, 5.74) is 5.32. The van der Waals surface area contributed by atoms with Crippen LogP contribution in [0.25, 0.3) is 0 Å². The fraction of sp³-hybridized carbons (Fsp3) is 0.538. The molecule has 0 bridgehead atoms. The van der Waals surface area contributed by atoms with Crippen molar-refractivity contribution in [3.63, 3.8) is 0 Å². The Bertz CT molecular complexity index is 941. The Labute approximate surface area is 182 Å². The van der Waals surface area contributed by atoms with Gasteiger partial charge in [0, 0.05) is 43.8 Å². The third kappa shape index (κ3) is 3.53. The molecule has 1 aliphatic carbocycles. The van der Waals surface area contributed by atoms with Crippen LogP contribution >= 0.6 is 0 Å². The second-order valence-electron chi connectivity index (χ2n) is 9.69. The largest absolute Gasteiger partial charge is 0.372 e. The van der Waals surface area contributed by atoms with E-state index < -0.39 is 8.07 Å². The van der Waals surface area contributed by atoms with Gasteiger partial charge in [-0.25, -0.2) is 9.57 Å². The zero-order valence-electron chi connectivity index (χ0n) is 18.8. The third-order valence-electron chi connectivity index (χ3n) is 7.58. The Morgan fingerprint density at radius 2 is 1.77 bits per heavy atom.